The number of anilines is 1. The summed E-state index contributed by atoms with van der Waals surface area (Å²) in [4.78, 5) is 12.4. The molecule has 0 atom stereocenters. The second kappa shape index (κ2) is 11.4. The zero-order chi connectivity index (χ0) is 23.8. The molecule has 1 heterocycles. The van der Waals surface area contributed by atoms with Crippen LogP contribution in [-0.2, 0) is 14.8 Å². The zero-order valence-corrected chi connectivity index (χ0v) is 20.4. The van der Waals surface area contributed by atoms with Gasteiger partial charge in [0, 0.05) is 24.9 Å². The first kappa shape index (κ1) is 24.9. The molecule has 9 heteroatoms. The van der Waals surface area contributed by atoms with Crippen molar-refractivity contribution in [2.24, 2.45) is 5.92 Å². The Hall–Kier alpha value is -2.75. The van der Waals surface area contributed by atoms with E-state index in [1.807, 2.05) is 31.2 Å². The number of amides is 1. The molecule has 0 radical (unpaired) electrons. The number of hydrogen-bond donors (Lipinski definition) is 2. The third-order valence-corrected chi connectivity index (χ3v) is 7.46. The number of sulfonamides is 1. The standard InChI is InChI=1S/C24H29N3O4S2/c1-3-31-21-9-4-19(5-10-21)6-13-23(28)26-24(32)25-20-7-11-22(12-8-20)33(29,30)27-16-14-18(2)15-17-27/h4-13,18H,3,14-17H2,1-2H3,(H2,25,26,28,32)/b13-6+. The van der Waals surface area contributed by atoms with Gasteiger partial charge in [0.25, 0.3) is 0 Å². The number of nitrogens with zero attached hydrogens (tertiary/aromatic N) is 1. The van der Waals surface area contributed by atoms with E-state index < -0.39 is 10.0 Å². The summed E-state index contributed by atoms with van der Waals surface area (Å²) in [6, 6.07) is 13.7. The van der Waals surface area contributed by atoms with Gasteiger partial charge in [0.2, 0.25) is 15.9 Å². The van der Waals surface area contributed by atoms with Gasteiger partial charge in [-0.3, -0.25) is 10.1 Å². The van der Waals surface area contributed by atoms with Crippen molar-refractivity contribution < 1.29 is 17.9 Å². The molecule has 2 aromatic rings. The lowest BCUT2D eigenvalue weighted by Crippen LogP contribution is -2.37. The number of rotatable bonds is 7. The second-order valence-corrected chi connectivity index (χ2v) is 10.2. The maximum absolute atomic E-state index is 12.8. The van der Waals surface area contributed by atoms with E-state index in [4.69, 9.17) is 17.0 Å². The minimum absolute atomic E-state index is 0.122. The first-order valence-electron chi connectivity index (χ1n) is 10.9. The predicted molar refractivity (Wildman–Crippen MR) is 135 cm³/mol. The van der Waals surface area contributed by atoms with Gasteiger partial charge in [0.05, 0.1) is 11.5 Å². The van der Waals surface area contributed by atoms with E-state index in [1.165, 1.54) is 10.4 Å². The van der Waals surface area contributed by atoms with Crippen molar-refractivity contribution in [2.75, 3.05) is 25.0 Å². The zero-order valence-electron chi connectivity index (χ0n) is 18.8. The lowest BCUT2D eigenvalue weighted by molar-refractivity contribution is -0.115. The van der Waals surface area contributed by atoms with Crippen molar-refractivity contribution in [3.8, 4) is 5.75 Å². The smallest absolute Gasteiger partial charge is 0.250 e. The molecule has 1 amide bonds. The van der Waals surface area contributed by atoms with Gasteiger partial charge in [0.1, 0.15) is 5.75 Å². The fourth-order valence-electron chi connectivity index (χ4n) is 3.41. The van der Waals surface area contributed by atoms with Crippen molar-refractivity contribution in [1.82, 2.24) is 9.62 Å². The molecule has 2 aromatic carbocycles. The van der Waals surface area contributed by atoms with Gasteiger partial charge in [-0.2, -0.15) is 4.31 Å². The van der Waals surface area contributed by atoms with E-state index in [1.54, 1.807) is 30.3 Å². The van der Waals surface area contributed by atoms with Crippen LogP contribution in [0.4, 0.5) is 5.69 Å². The van der Waals surface area contributed by atoms with Crippen molar-refractivity contribution >= 4 is 45.0 Å². The predicted octanol–water partition coefficient (Wildman–Crippen LogP) is 4.03. The van der Waals surface area contributed by atoms with E-state index >= 15 is 0 Å². The highest BCUT2D eigenvalue weighted by Crippen LogP contribution is 2.24. The summed E-state index contributed by atoms with van der Waals surface area (Å²) in [6.07, 6.45) is 4.81. The third kappa shape index (κ3) is 7.12. The number of ether oxygens (including phenoxy) is 1. The van der Waals surface area contributed by atoms with Crippen molar-refractivity contribution in [3.63, 3.8) is 0 Å². The molecular weight excluding hydrogens is 458 g/mol. The van der Waals surface area contributed by atoms with Crippen LogP contribution in [0.15, 0.2) is 59.5 Å². The molecule has 1 aliphatic rings. The molecule has 1 fully saturated rings. The number of hydrogen-bond acceptors (Lipinski definition) is 5. The molecule has 0 saturated carbocycles. The highest BCUT2D eigenvalue weighted by Gasteiger charge is 2.27. The van der Waals surface area contributed by atoms with Crippen LogP contribution in [0.3, 0.4) is 0 Å². The van der Waals surface area contributed by atoms with E-state index in [0.29, 0.717) is 31.3 Å². The molecule has 3 rings (SSSR count). The van der Waals surface area contributed by atoms with E-state index in [0.717, 1.165) is 24.2 Å². The van der Waals surface area contributed by atoms with Crippen LogP contribution in [0.1, 0.15) is 32.3 Å². The van der Waals surface area contributed by atoms with E-state index in [9.17, 15) is 13.2 Å². The molecular formula is C24H29N3O4S2. The lowest BCUT2D eigenvalue weighted by atomic mass is 10.0. The van der Waals surface area contributed by atoms with Gasteiger partial charge in [-0.05, 0) is 85.9 Å². The minimum atomic E-state index is -3.50. The average molecular weight is 488 g/mol. The lowest BCUT2D eigenvalue weighted by Gasteiger charge is -2.29. The van der Waals surface area contributed by atoms with Crippen molar-refractivity contribution in [3.05, 3.63) is 60.2 Å². The van der Waals surface area contributed by atoms with Gasteiger partial charge in [-0.25, -0.2) is 8.42 Å². The average Bonchev–Trinajstić information content (AvgIpc) is 2.79. The molecule has 1 saturated heterocycles. The summed E-state index contributed by atoms with van der Waals surface area (Å²) in [5.74, 6) is 0.948. The Morgan fingerprint density at radius 3 is 2.36 bits per heavy atom. The van der Waals surface area contributed by atoms with Crippen LogP contribution in [0.5, 0.6) is 5.75 Å². The van der Waals surface area contributed by atoms with Gasteiger partial charge in [-0.15, -0.1) is 0 Å². The summed E-state index contributed by atoms with van der Waals surface area (Å²) >= 11 is 5.19. The monoisotopic (exact) mass is 487 g/mol. The number of benzene rings is 2. The first-order chi connectivity index (χ1) is 15.8. The fourth-order valence-corrected chi connectivity index (χ4v) is 5.10. The van der Waals surface area contributed by atoms with Gasteiger partial charge in [-0.1, -0.05) is 19.1 Å². The van der Waals surface area contributed by atoms with Gasteiger partial charge >= 0.3 is 0 Å². The summed E-state index contributed by atoms with van der Waals surface area (Å²) < 4.78 is 32.6. The summed E-state index contributed by atoms with van der Waals surface area (Å²) in [7, 11) is -3.50. The Morgan fingerprint density at radius 2 is 1.76 bits per heavy atom. The highest BCUT2D eigenvalue weighted by atomic mass is 32.2. The fraction of sp³-hybridized carbons (Fsp3) is 0.333. The van der Waals surface area contributed by atoms with Gasteiger partial charge in [0.15, 0.2) is 5.11 Å². The number of piperidine rings is 1. The van der Waals surface area contributed by atoms with Gasteiger partial charge < -0.3 is 10.1 Å². The molecule has 0 spiro atoms. The Bertz CT molecular complexity index is 1090. The maximum atomic E-state index is 12.8. The van der Waals surface area contributed by atoms with Crippen LogP contribution >= 0.6 is 12.2 Å². The van der Waals surface area contributed by atoms with Crippen LogP contribution in [0, 0.1) is 5.92 Å². The Balaban J connectivity index is 1.52. The molecule has 0 aromatic heterocycles. The van der Waals surface area contributed by atoms with E-state index in [2.05, 4.69) is 17.6 Å². The molecule has 2 N–H and O–H groups in total. The molecule has 0 bridgehead atoms. The number of nitrogens with one attached hydrogen (secondary N) is 2. The summed E-state index contributed by atoms with van der Waals surface area (Å²) in [5, 5.41) is 5.59. The second-order valence-electron chi connectivity index (χ2n) is 7.89. The van der Waals surface area contributed by atoms with Crippen molar-refractivity contribution in [2.45, 2.75) is 31.6 Å². The van der Waals surface area contributed by atoms with Crippen LogP contribution in [-0.4, -0.2) is 43.4 Å². The van der Waals surface area contributed by atoms with Crippen molar-refractivity contribution in [1.29, 1.82) is 0 Å². The first-order valence-corrected chi connectivity index (χ1v) is 12.8. The molecule has 7 nitrogen and oxygen atoms in total. The quantitative estimate of drug-likeness (QED) is 0.453. The normalized spacial score (nSPS) is 15.3. The highest BCUT2D eigenvalue weighted by molar-refractivity contribution is 7.89. The Kier molecular flexibility index (Phi) is 8.60. The van der Waals surface area contributed by atoms with Crippen LogP contribution < -0.4 is 15.4 Å². The minimum Gasteiger partial charge on any atom is -0.494 e. The van der Waals surface area contributed by atoms with Crippen LogP contribution in [0.2, 0.25) is 0 Å². The summed E-state index contributed by atoms with van der Waals surface area (Å²) in [6.45, 7) is 5.75. The van der Waals surface area contributed by atoms with Crippen LogP contribution in [0.25, 0.3) is 6.08 Å². The molecule has 1 aliphatic heterocycles. The SMILES string of the molecule is CCOc1ccc(/C=C/C(=O)NC(=S)Nc2ccc(S(=O)(=O)N3CCC(C)CC3)cc2)cc1. The third-order valence-electron chi connectivity index (χ3n) is 5.35. The maximum Gasteiger partial charge on any atom is 0.250 e. The van der Waals surface area contributed by atoms with E-state index in [-0.39, 0.29) is 15.9 Å². The Morgan fingerprint density at radius 1 is 1.12 bits per heavy atom. The largest absolute Gasteiger partial charge is 0.494 e. The number of carbonyl (C=O) groups excluding carboxylic acids is 1. The molecule has 176 valence electrons. The molecule has 0 unspecified atom stereocenters. The Labute approximate surface area is 200 Å². The number of carbonyl (C=O) groups is 1. The topological polar surface area (TPSA) is 87.7 Å². The number of thiocarbonyl (C=S) groups is 1. The molecule has 0 aliphatic carbocycles. The summed E-state index contributed by atoms with van der Waals surface area (Å²) in [5.41, 5.74) is 1.44. The molecule has 33 heavy (non-hydrogen) atoms.